The molecule has 1 aromatic heterocycles. The van der Waals surface area contributed by atoms with Crippen molar-refractivity contribution in [3.63, 3.8) is 0 Å². The van der Waals surface area contributed by atoms with Crippen molar-refractivity contribution in [3.05, 3.63) is 58.2 Å². The lowest BCUT2D eigenvalue weighted by Gasteiger charge is -2.09. The normalized spacial score (nSPS) is 10.0. The molecule has 98 valence electrons. The second-order valence-corrected chi connectivity index (χ2v) is 4.67. The number of nitrogens with one attached hydrogen (secondary N) is 2. The minimum atomic E-state index is -0.225. The van der Waals surface area contributed by atoms with Crippen LogP contribution in [0.15, 0.2) is 47.1 Å². The third kappa shape index (κ3) is 3.30. The Balaban J connectivity index is 2.08. The molecule has 19 heavy (non-hydrogen) atoms. The Hall–Kier alpha value is -1.92. The zero-order valence-corrected chi connectivity index (χ0v) is 11.6. The summed E-state index contributed by atoms with van der Waals surface area (Å²) < 4.78 is 0.957. The summed E-state index contributed by atoms with van der Waals surface area (Å²) in [5.74, 6) is 5.45. The lowest BCUT2D eigenvalue weighted by atomic mass is 10.2. The van der Waals surface area contributed by atoms with Crippen LogP contribution in [0.5, 0.6) is 0 Å². The van der Waals surface area contributed by atoms with Gasteiger partial charge in [-0.15, -0.1) is 0 Å². The first-order valence-electron chi connectivity index (χ1n) is 5.65. The summed E-state index contributed by atoms with van der Waals surface area (Å²) in [5, 5.41) is 2.83. The van der Waals surface area contributed by atoms with E-state index in [1.807, 2.05) is 24.3 Å². The zero-order chi connectivity index (χ0) is 13.7. The third-order valence-corrected chi connectivity index (χ3v) is 3.36. The van der Waals surface area contributed by atoms with Gasteiger partial charge in [-0.3, -0.25) is 4.79 Å². The SMILES string of the molecule is NNc1ncccc1C(=O)NCc1ccccc1Br. The van der Waals surface area contributed by atoms with E-state index in [-0.39, 0.29) is 5.91 Å². The molecule has 0 unspecified atom stereocenters. The largest absolute Gasteiger partial charge is 0.348 e. The molecule has 2 rings (SSSR count). The number of pyridine rings is 1. The van der Waals surface area contributed by atoms with Crippen LogP contribution in [-0.4, -0.2) is 10.9 Å². The van der Waals surface area contributed by atoms with Crippen molar-refractivity contribution in [2.75, 3.05) is 5.43 Å². The number of carbonyl (C=O) groups excluding carboxylic acids is 1. The van der Waals surface area contributed by atoms with Gasteiger partial charge in [0.1, 0.15) is 0 Å². The molecule has 0 saturated heterocycles. The molecule has 2 aromatic rings. The molecule has 0 atom stereocenters. The van der Waals surface area contributed by atoms with E-state index in [1.54, 1.807) is 18.3 Å². The van der Waals surface area contributed by atoms with E-state index in [9.17, 15) is 4.79 Å². The number of carbonyl (C=O) groups is 1. The van der Waals surface area contributed by atoms with Gasteiger partial charge in [-0.25, -0.2) is 10.8 Å². The topological polar surface area (TPSA) is 80.0 Å². The predicted octanol–water partition coefficient (Wildman–Crippen LogP) is 2.06. The number of benzene rings is 1. The van der Waals surface area contributed by atoms with Gasteiger partial charge in [0.25, 0.3) is 5.91 Å². The molecule has 1 aromatic carbocycles. The molecule has 0 fully saturated rings. The molecule has 0 spiro atoms. The smallest absolute Gasteiger partial charge is 0.255 e. The van der Waals surface area contributed by atoms with Gasteiger partial charge in [0.15, 0.2) is 5.82 Å². The van der Waals surface area contributed by atoms with Crippen molar-refractivity contribution >= 4 is 27.7 Å². The molecular formula is C13H13BrN4O. The summed E-state index contributed by atoms with van der Waals surface area (Å²) >= 11 is 3.43. The van der Waals surface area contributed by atoms with Crippen molar-refractivity contribution in [1.82, 2.24) is 10.3 Å². The minimum absolute atomic E-state index is 0.225. The van der Waals surface area contributed by atoms with Crippen molar-refractivity contribution in [2.24, 2.45) is 5.84 Å². The summed E-state index contributed by atoms with van der Waals surface area (Å²) in [6, 6.07) is 11.1. The first-order valence-corrected chi connectivity index (χ1v) is 6.45. The molecule has 1 heterocycles. The Morgan fingerprint density at radius 3 is 2.79 bits per heavy atom. The van der Waals surface area contributed by atoms with Crippen LogP contribution >= 0.6 is 15.9 Å². The van der Waals surface area contributed by atoms with Gasteiger partial charge in [0.2, 0.25) is 0 Å². The molecule has 0 aliphatic carbocycles. The number of hydrogen-bond acceptors (Lipinski definition) is 4. The van der Waals surface area contributed by atoms with Crippen LogP contribution in [-0.2, 0) is 6.54 Å². The summed E-state index contributed by atoms with van der Waals surface area (Å²) in [4.78, 5) is 16.0. The van der Waals surface area contributed by atoms with E-state index in [4.69, 9.17) is 5.84 Å². The summed E-state index contributed by atoms with van der Waals surface area (Å²) in [7, 11) is 0. The van der Waals surface area contributed by atoms with Gasteiger partial charge >= 0.3 is 0 Å². The summed E-state index contributed by atoms with van der Waals surface area (Å²) in [6.07, 6.45) is 1.57. The Labute approximate surface area is 119 Å². The Kier molecular flexibility index (Phi) is 4.48. The van der Waals surface area contributed by atoms with E-state index >= 15 is 0 Å². The number of rotatable bonds is 4. The summed E-state index contributed by atoms with van der Waals surface area (Å²) in [5.41, 5.74) is 3.82. The van der Waals surface area contributed by atoms with Crippen LogP contribution in [0.4, 0.5) is 5.82 Å². The molecule has 4 N–H and O–H groups in total. The van der Waals surface area contributed by atoms with Crippen LogP contribution in [0, 0.1) is 0 Å². The van der Waals surface area contributed by atoms with Gasteiger partial charge in [0.05, 0.1) is 5.56 Å². The molecule has 6 heteroatoms. The highest BCUT2D eigenvalue weighted by atomic mass is 79.9. The van der Waals surface area contributed by atoms with Crippen molar-refractivity contribution in [3.8, 4) is 0 Å². The quantitative estimate of drug-likeness (QED) is 0.595. The number of nitrogens with zero attached hydrogens (tertiary/aromatic N) is 1. The van der Waals surface area contributed by atoms with E-state index < -0.39 is 0 Å². The molecule has 0 aliphatic rings. The number of amides is 1. The lowest BCUT2D eigenvalue weighted by Crippen LogP contribution is -2.25. The van der Waals surface area contributed by atoms with Crippen molar-refractivity contribution in [1.29, 1.82) is 0 Å². The van der Waals surface area contributed by atoms with Gasteiger partial charge < -0.3 is 10.7 Å². The van der Waals surface area contributed by atoms with Crippen molar-refractivity contribution < 1.29 is 4.79 Å². The molecule has 1 amide bonds. The van der Waals surface area contributed by atoms with Crippen LogP contribution in [0.1, 0.15) is 15.9 Å². The van der Waals surface area contributed by atoms with E-state index in [0.29, 0.717) is 17.9 Å². The average molecular weight is 321 g/mol. The monoisotopic (exact) mass is 320 g/mol. The molecule has 0 aliphatic heterocycles. The number of hydrogen-bond donors (Lipinski definition) is 3. The standard InChI is InChI=1S/C13H13BrN4O/c14-11-6-2-1-4-9(11)8-17-13(19)10-5-3-7-16-12(10)18-15/h1-7H,8,15H2,(H,16,18)(H,17,19). The maximum absolute atomic E-state index is 12.0. The van der Waals surface area contributed by atoms with Gasteiger partial charge in [0, 0.05) is 17.2 Å². The van der Waals surface area contributed by atoms with Crippen LogP contribution in [0.2, 0.25) is 0 Å². The van der Waals surface area contributed by atoms with E-state index in [1.165, 1.54) is 0 Å². The lowest BCUT2D eigenvalue weighted by molar-refractivity contribution is 0.0951. The number of hydrazine groups is 1. The number of nitrogens with two attached hydrogens (primary N) is 1. The Morgan fingerprint density at radius 2 is 2.05 bits per heavy atom. The summed E-state index contributed by atoms with van der Waals surface area (Å²) in [6.45, 7) is 0.430. The fraction of sp³-hybridized carbons (Fsp3) is 0.0769. The highest BCUT2D eigenvalue weighted by molar-refractivity contribution is 9.10. The number of halogens is 1. The van der Waals surface area contributed by atoms with Crippen LogP contribution in [0.25, 0.3) is 0 Å². The predicted molar refractivity (Wildman–Crippen MR) is 77.4 cm³/mol. The molecule has 0 radical (unpaired) electrons. The fourth-order valence-corrected chi connectivity index (χ4v) is 2.04. The number of anilines is 1. The molecule has 0 bridgehead atoms. The van der Waals surface area contributed by atoms with Gasteiger partial charge in [-0.2, -0.15) is 0 Å². The highest BCUT2D eigenvalue weighted by Crippen LogP contribution is 2.16. The zero-order valence-electron chi connectivity index (χ0n) is 10.1. The average Bonchev–Trinajstić information content (AvgIpc) is 2.46. The van der Waals surface area contributed by atoms with E-state index in [2.05, 4.69) is 31.7 Å². The minimum Gasteiger partial charge on any atom is -0.348 e. The molecular weight excluding hydrogens is 308 g/mol. The van der Waals surface area contributed by atoms with E-state index in [0.717, 1.165) is 10.0 Å². The maximum Gasteiger partial charge on any atom is 0.255 e. The maximum atomic E-state index is 12.0. The number of aromatic nitrogens is 1. The second-order valence-electron chi connectivity index (χ2n) is 3.82. The first kappa shape index (κ1) is 13.5. The van der Waals surface area contributed by atoms with Crippen LogP contribution < -0.4 is 16.6 Å². The third-order valence-electron chi connectivity index (χ3n) is 2.59. The molecule has 0 saturated carbocycles. The fourth-order valence-electron chi connectivity index (χ4n) is 1.62. The Bertz CT molecular complexity index is 588. The highest BCUT2D eigenvalue weighted by Gasteiger charge is 2.11. The second kappa shape index (κ2) is 6.31. The molecule has 5 nitrogen and oxygen atoms in total. The first-order chi connectivity index (χ1) is 9.22. The van der Waals surface area contributed by atoms with Gasteiger partial charge in [-0.1, -0.05) is 34.1 Å². The van der Waals surface area contributed by atoms with Crippen LogP contribution in [0.3, 0.4) is 0 Å². The van der Waals surface area contributed by atoms with Crippen molar-refractivity contribution in [2.45, 2.75) is 6.54 Å². The number of nitrogen functional groups attached to an aromatic ring is 1. The van der Waals surface area contributed by atoms with Gasteiger partial charge in [-0.05, 0) is 23.8 Å². The Morgan fingerprint density at radius 1 is 1.26 bits per heavy atom.